The molecule has 1 radical (unpaired) electrons. The Bertz CT molecular complexity index is 690. The number of rotatable bonds is 19. The van der Waals surface area contributed by atoms with Crippen LogP contribution in [0.3, 0.4) is 0 Å². The van der Waals surface area contributed by atoms with E-state index in [1.807, 2.05) is 0 Å². The third-order valence-electron chi connectivity index (χ3n) is 4.22. The van der Waals surface area contributed by atoms with E-state index in [2.05, 4.69) is 0 Å². The summed E-state index contributed by atoms with van der Waals surface area (Å²) in [6.45, 7) is -5.29. The van der Waals surface area contributed by atoms with Crippen molar-refractivity contribution in [2.24, 2.45) is 0 Å². The number of carboxylic acid groups (broad SMARTS) is 5. The van der Waals surface area contributed by atoms with Crippen LogP contribution in [-0.2, 0) is 28.5 Å². The number of hydrogen-bond acceptors (Lipinski definition) is 15. The van der Waals surface area contributed by atoms with Crippen molar-refractivity contribution in [3.8, 4) is 0 Å². The van der Waals surface area contributed by atoms with Crippen molar-refractivity contribution in [3.63, 3.8) is 0 Å². The number of nitrogens with zero attached hydrogens (tertiary/aromatic N) is 3. The monoisotopic (exact) mass is 653 g/mol. The van der Waals surface area contributed by atoms with E-state index in [4.69, 9.17) is 5.11 Å². The normalized spacial score (nSPS) is 12.4. The number of carbonyl (C=O) groups excluding carboxylic acids is 4. The van der Waals surface area contributed by atoms with Gasteiger partial charge in [0.2, 0.25) is 0 Å². The smallest absolute Gasteiger partial charge is 0.810 e. The molecular formula is C16H22GdN3O13P-3. The van der Waals surface area contributed by atoms with E-state index in [1.54, 1.807) is 0 Å². The van der Waals surface area contributed by atoms with E-state index in [9.17, 15) is 58.8 Å². The Morgan fingerprint density at radius 1 is 0.706 bits per heavy atom. The van der Waals surface area contributed by atoms with Gasteiger partial charge in [-0.25, -0.2) is 0 Å². The van der Waals surface area contributed by atoms with Crippen molar-refractivity contribution in [2.45, 2.75) is 18.6 Å². The third kappa shape index (κ3) is 17.2. The summed E-state index contributed by atoms with van der Waals surface area (Å²) in [5.41, 5.74) is 0. The second-order valence-corrected chi connectivity index (χ2v) is 8.57. The first kappa shape index (κ1) is 34.9. The molecule has 0 spiro atoms. The fraction of sp³-hybridized carbons (Fsp3) is 0.688. The summed E-state index contributed by atoms with van der Waals surface area (Å²) in [5, 5.41) is 52.1. The first-order chi connectivity index (χ1) is 15.1. The molecule has 0 aromatic carbocycles. The molecule has 0 amide bonds. The van der Waals surface area contributed by atoms with Crippen LogP contribution in [-0.4, -0.2) is 108 Å². The van der Waals surface area contributed by atoms with Gasteiger partial charge in [-0.1, -0.05) is 0 Å². The minimum absolute atomic E-state index is 0. The molecule has 34 heavy (non-hydrogen) atoms. The van der Waals surface area contributed by atoms with Crippen LogP contribution in [0.25, 0.3) is 0 Å². The second-order valence-electron chi connectivity index (χ2n) is 6.90. The van der Waals surface area contributed by atoms with E-state index in [0.717, 1.165) is 14.7 Å². The van der Waals surface area contributed by atoms with Gasteiger partial charge in [0.1, 0.15) is 0 Å². The molecule has 0 bridgehead atoms. The fourth-order valence-electron chi connectivity index (χ4n) is 2.90. The van der Waals surface area contributed by atoms with Gasteiger partial charge in [0.05, 0.1) is 24.5 Å². The van der Waals surface area contributed by atoms with Gasteiger partial charge in [-0.3, -0.25) is 19.5 Å². The van der Waals surface area contributed by atoms with Crippen LogP contribution in [0.4, 0.5) is 0 Å². The van der Waals surface area contributed by atoms with Gasteiger partial charge in [0.25, 0.3) is 0 Å². The summed E-state index contributed by atoms with van der Waals surface area (Å²) in [6.07, 6.45) is -1.59. The molecule has 1 atom stereocenters. The molecule has 195 valence electrons. The van der Waals surface area contributed by atoms with Gasteiger partial charge >= 0.3 is 45.9 Å². The maximum atomic E-state index is 11.8. The van der Waals surface area contributed by atoms with Crippen molar-refractivity contribution >= 4 is 37.4 Å². The molecule has 0 heterocycles. The zero-order chi connectivity index (χ0) is 25.8. The Labute approximate surface area is 226 Å². The summed E-state index contributed by atoms with van der Waals surface area (Å²) in [6, 6.07) is 0. The Morgan fingerprint density at radius 3 is 1.38 bits per heavy atom. The van der Waals surface area contributed by atoms with Crippen molar-refractivity contribution in [1.82, 2.24) is 14.7 Å². The first-order valence-electron chi connectivity index (χ1n) is 9.33. The number of carboxylic acids is 5. The largest absolute Gasteiger partial charge is 3.00 e. The zero-order valence-corrected chi connectivity index (χ0v) is 20.8. The molecule has 16 nitrogen and oxygen atoms in total. The number of hydrogen-bond donors (Lipinski definition) is 1. The fourth-order valence-corrected chi connectivity index (χ4v) is 3.98. The van der Waals surface area contributed by atoms with Crippen LogP contribution in [0.2, 0.25) is 0 Å². The van der Waals surface area contributed by atoms with Gasteiger partial charge in [0, 0.05) is 57.6 Å². The molecule has 0 saturated heterocycles. The summed E-state index contributed by atoms with van der Waals surface area (Å²) < 4.78 is 11.8. The van der Waals surface area contributed by atoms with Gasteiger partial charge in [0.15, 0.2) is 0 Å². The molecule has 1 unspecified atom stereocenters. The Morgan fingerprint density at radius 2 is 1.09 bits per heavy atom. The summed E-state index contributed by atoms with van der Waals surface area (Å²) >= 11 is 0. The molecular weight excluding hydrogens is 630 g/mol. The SMILES string of the molecule is O=C([O-])CCC(N(CCN(CC(=O)[O-])CC(=O)[O-])CCN(CC(=O)[O-])CC(=O)O)P(=O)([O-])[O-].[Gd+3]. The second kappa shape index (κ2) is 17.2. The summed E-state index contributed by atoms with van der Waals surface area (Å²) in [5.74, 6) is -10.1. The zero-order valence-electron chi connectivity index (χ0n) is 17.6. The Kier molecular flexibility index (Phi) is 17.6. The number of aliphatic carboxylic acids is 5. The quantitative estimate of drug-likeness (QED) is 0.127. The summed E-state index contributed by atoms with van der Waals surface area (Å²) in [7, 11) is -5.52. The van der Waals surface area contributed by atoms with Crippen LogP contribution < -0.4 is 30.2 Å². The minimum atomic E-state index is -5.52. The van der Waals surface area contributed by atoms with Crippen LogP contribution >= 0.6 is 7.60 Å². The standard InChI is InChI=1S/C16H28N3O13P.Gd/c20-12(21)2-1-11(33(30,31)32)19(5-3-17(7-13(22)23)8-14(24)25)6-4-18(9-15(26)27)10-16(28)29;/h11H,1-10H2,(H,20,21)(H,22,23)(H,24,25)(H,26,27)(H,28,29)(H2,30,31,32);/q;+3/p-6. The maximum absolute atomic E-state index is 11.8. The van der Waals surface area contributed by atoms with E-state index < -0.39 is 108 Å². The average Bonchev–Trinajstić information content (AvgIpc) is 2.59. The van der Waals surface area contributed by atoms with Crippen LogP contribution in [0.1, 0.15) is 12.8 Å². The molecule has 0 aromatic heterocycles. The molecule has 0 saturated carbocycles. The average molecular weight is 653 g/mol. The molecule has 0 rings (SSSR count). The predicted molar refractivity (Wildman–Crippen MR) is 92.7 cm³/mol. The van der Waals surface area contributed by atoms with Gasteiger partial charge in [-0.15, -0.1) is 0 Å². The van der Waals surface area contributed by atoms with Gasteiger partial charge < -0.3 is 59.1 Å². The van der Waals surface area contributed by atoms with Gasteiger partial charge in [-0.2, -0.15) is 0 Å². The predicted octanol–water partition coefficient (Wildman–Crippen LogP) is -9.00. The molecule has 0 aliphatic carbocycles. The van der Waals surface area contributed by atoms with Crippen molar-refractivity contribution in [2.75, 3.05) is 52.4 Å². The Balaban J connectivity index is 0. The topological polar surface area (TPSA) is 271 Å². The van der Waals surface area contributed by atoms with E-state index in [0.29, 0.717) is 0 Å². The van der Waals surface area contributed by atoms with Crippen LogP contribution in [0.15, 0.2) is 0 Å². The molecule has 0 aromatic rings. The Hall–Kier alpha value is -1.30. The van der Waals surface area contributed by atoms with Crippen molar-refractivity contribution in [3.05, 3.63) is 0 Å². The van der Waals surface area contributed by atoms with Crippen molar-refractivity contribution < 1.29 is 104 Å². The number of carbonyl (C=O) groups is 5. The van der Waals surface area contributed by atoms with Crippen molar-refractivity contribution in [1.29, 1.82) is 0 Å². The van der Waals surface area contributed by atoms with Crippen LogP contribution in [0, 0.1) is 39.9 Å². The van der Waals surface area contributed by atoms with E-state index in [-0.39, 0.29) is 39.9 Å². The van der Waals surface area contributed by atoms with Gasteiger partial charge in [-0.05, 0) is 20.4 Å². The first-order valence-corrected chi connectivity index (χ1v) is 10.9. The van der Waals surface area contributed by atoms with E-state index in [1.165, 1.54) is 0 Å². The molecule has 0 aliphatic rings. The molecule has 0 aliphatic heterocycles. The maximum Gasteiger partial charge on any atom is 3.00 e. The third-order valence-corrected chi connectivity index (χ3v) is 5.53. The minimum Gasteiger partial charge on any atom is -0.810 e. The summed E-state index contributed by atoms with van der Waals surface area (Å²) in [4.78, 5) is 80.1. The molecule has 1 N–H and O–H groups in total. The molecule has 0 fully saturated rings. The molecule has 18 heteroatoms. The van der Waals surface area contributed by atoms with E-state index >= 15 is 0 Å². The van der Waals surface area contributed by atoms with Crippen LogP contribution in [0.5, 0.6) is 0 Å².